The molecule has 2 aromatic rings. The number of hydrogen-bond acceptors (Lipinski definition) is 4. The number of hydrazone groups is 1. The lowest BCUT2D eigenvalue weighted by Gasteiger charge is -2.35. The summed E-state index contributed by atoms with van der Waals surface area (Å²) >= 11 is 1.78. The zero-order valence-electron chi connectivity index (χ0n) is 16.4. The Labute approximate surface area is 170 Å². The molecule has 0 radical (unpaired) electrons. The van der Waals surface area contributed by atoms with Gasteiger partial charge in [0.2, 0.25) is 0 Å². The molecule has 144 valence electrons. The molecule has 0 saturated carbocycles. The third kappa shape index (κ3) is 2.80. The summed E-state index contributed by atoms with van der Waals surface area (Å²) in [6.45, 7) is 5.65. The zero-order chi connectivity index (χ0) is 19.9. The minimum atomic E-state index is -0.779. The van der Waals surface area contributed by atoms with Crippen molar-refractivity contribution in [3.05, 3.63) is 65.7 Å². The van der Waals surface area contributed by atoms with Gasteiger partial charge in [0, 0.05) is 6.42 Å². The number of anilines is 1. The van der Waals surface area contributed by atoms with Crippen molar-refractivity contribution in [1.82, 2.24) is 0 Å². The third-order valence-corrected chi connectivity index (χ3v) is 7.48. The summed E-state index contributed by atoms with van der Waals surface area (Å²) in [6.07, 6.45) is 0.399. The van der Waals surface area contributed by atoms with E-state index in [2.05, 4.69) is 19.1 Å². The molecule has 0 aliphatic carbocycles. The molecule has 0 unspecified atom stereocenters. The number of aryl methyl sites for hydroxylation is 1. The maximum atomic E-state index is 13.9. The highest BCUT2D eigenvalue weighted by Crippen LogP contribution is 2.61. The number of amides is 1. The highest BCUT2D eigenvalue weighted by molar-refractivity contribution is 7.99. The molecular weight excluding hydrogens is 368 g/mol. The normalized spacial score (nSPS) is 26.8. The van der Waals surface area contributed by atoms with E-state index < -0.39 is 5.41 Å². The fourth-order valence-corrected chi connectivity index (χ4v) is 6.57. The van der Waals surface area contributed by atoms with Crippen LogP contribution in [0.25, 0.3) is 0 Å². The summed E-state index contributed by atoms with van der Waals surface area (Å²) < 4.78 is 0. The SMILES string of the molecule is CC(=O)C[C@H]1CS[C@@H](c2ccccc2C)[C@]12C(=O)N(c1ccccc1)N=C2C. The number of benzene rings is 2. The highest BCUT2D eigenvalue weighted by Gasteiger charge is 2.63. The van der Waals surface area contributed by atoms with Crippen molar-refractivity contribution in [2.75, 3.05) is 10.8 Å². The van der Waals surface area contributed by atoms with Gasteiger partial charge in [0.1, 0.15) is 11.2 Å². The fourth-order valence-electron chi connectivity index (χ4n) is 4.60. The van der Waals surface area contributed by atoms with Gasteiger partial charge in [0.05, 0.1) is 16.6 Å². The maximum Gasteiger partial charge on any atom is 0.261 e. The Hall–Kier alpha value is -2.40. The first-order valence-corrected chi connectivity index (χ1v) is 10.6. The van der Waals surface area contributed by atoms with Gasteiger partial charge in [0.25, 0.3) is 5.91 Å². The van der Waals surface area contributed by atoms with Gasteiger partial charge in [-0.05, 0) is 55.7 Å². The van der Waals surface area contributed by atoms with Crippen LogP contribution in [0.15, 0.2) is 59.7 Å². The standard InChI is InChI=1S/C23H24N2O2S/c1-15-9-7-8-12-20(15)21-23(18(14-28-21)13-16(2)26)17(3)24-25(22(23)27)19-10-5-4-6-11-19/h4-12,18,21H,13-14H2,1-3H3/t18-,21-,23+/m0/s1. The van der Waals surface area contributed by atoms with Gasteiger partial charge in [-0.3, -0.25) is 4.79 Å². The molecule has 4 rings (SSSR count). The molecule has 1 amide bonds. The lowest BCUT2D eigenvalue weighted by molar-refractivity contribution is -0.126. The molecule has 0 bridgehead atoms. The summed E-state index contributed by atoms with van der Waals surface area (Å²) in [7, 11) is 0. The van der Waals surface area contributed by atoms with E-state index in [-0.39, 0.29) is 22.9 Å². The smallest absolute Gasteiger partial charge is 0.261 e. The highest BCUT2D eigenvalue weighted by atomic mass is 32.2. The first kappa shape index (κ1) is 18.9. The molecule has 3 atom stereocenters. The number of Topliss-reactive ketones (excluding diaryl/α,β-unsaturated/α-hetero) is 1. The van der Waals surface area contributed by atoms with Crippen LogP contribution in [0.3, 0.4) is 0 Å². The van der Waals surface area contributed by atoms with Gasteiger partial charge in [-0.1, -0.05) is 42.5 Å². The Bertz CT molecular complexity index is 956. The maximum absolute atomic E-state index is 13.9. The number of ketones is 1. The molecule has 5 heteroatoms. The molecule has 2 aromatic carbocycles. The summed E-state index contributed by atoms with van der Waals surface area (Å²) in [5.41, 5.74) is 3.13. The lowest BCUT2D eigenvalue weighted by atomic mass is 9.66. The topological polar surface area (TPSA) is 49.7 Å². The van der Waals surface area contributed by atoms with Crippen molar-refractivity contribution in [2.45, 2.75) is 32.4 Å². The summed E-state index contributed by atoms with van der Waals surface area (Å²) in [5, 5.41) is 6.22. The first-order chi connectivity index (χ1) is 13.5. The van der Waals surface area contributed by atoms with E-state index in [4.69, 9.17) is 5.10 Å². The van der Waals surface area contributed by atoms with Crippen molar-refractivity contribution >= 4 is 34.9 Å². The number of hydrogen-bond donors (Lipinski definition) is 0. The number of thioether (sulfide) groups is 1. The van der Waals surface area contributed by atoms with Gasteiger partial charge in [-0.15, -0.1) is 0 Å². The van der Waals surface area contributed by atoms with Gasteiger partial charge >= 0.3 is 0 Å². The van der Waals surface area contributed by atoms with Crippen molar-refractivity contribution < 1.29 is 9.59 Å². The number of carbonyl (C=O) groups excluding carboxylic acids is 2. The van der Waals surface area contributed by atoms with E-state index in [1.165, 1.54) is 5.56 Å². The van der Waals surface area contributed by atoms with Gasteiger partial charge in [-0.2, -0.15) is 21.9 Å². The van der Waals surface area contributed by atoms with Crippen LogP contribution in [0.5, 0.6) is 0 Å². The minimum absolute atomic E-state index is 0.0132. The Kier molecular flexibility index (Phi) is 4.88. The third-order valence-electron chi connectivity index (χ3n) is 5.92. The molecule has 1 fully saturated rings. The molecule has 4 nitrogen and oxygen atoms in total. The number of rotatable bonds is 4. The van der Waals surface area contributed by atoms with E-state index in [0.717, 1.165) is 22.7 Å². The van der Waals surface area contributed by atoms with E-state index in [1.54, 1.807) is 23.7 Å². The molecule has 0 aromatic heterocycles. The average Bonchev–Trinajstić information content (AvgIpc) is 3.17. The molecule has 28 heavy (non-hydrogen) atoms. The molecular formula is C23H24N2O2S. The van der Waals surface area contributed by atoms with Crippen LogP contribution in [-0.4, -0.2) is 23.2 Å². The van der Waals surface area contributed by atoms with Crippen LogP contribution in [0.2, 0.25) is 0 Å². The summed E-state index contributed by atoms with van der Waals surface area (Å²) in [6, 6.07) is 17.8. The van der Waals surface area contributed by atoms with Crippen LogP contribution in [-0.2, 0) is 9.59 Å². The Morgan fingerprint density at radius 3 is 2.50 bits per heavy atom. The fraction of sp³-hybridized carbons (Fsp3) is 0.348. The first-order valence-electron chi connectivity index (χ1n) is 9.58. The van der Waals surface area contributed by atoms with Crippen molar-refractivity contribution in [3.8, 4) is 0 Å². The molecule has 1 saturated heterocycles. The molecule has 2 aliphatic heterocycles. The van der Waals surface area contributed by atoms with Gasteiger partial charge in [-0.25, -0.2) is 0 Å². The van der Waals surface area contributed by atoms with E-state index in [9.17, 15) is 9.59 Å². The van der Waals surface area contributed by atoms with Crippen LogP contribution in [0.1, 0.15) is 36.6 Å². The van der Waals surface area contributed by atoms with Crippen molar-refractivity contribution in [2.24, 2.45) is 16.4 Å². The molecule has 1 spiro atoms. The van der Waals surface area contributed by atoms with Crippen LogP contribution >= 0.6 is 11.8 Å². The van der Waals surface area contributed by atoms with Gasteiger partial charge in [0.15, 0.2) is 0 Å². The quantitative estimate of drug-likeness (QED) is 0.752. The predicted molar refractivity (Wildman–Crippen MR) is 115 cm³/mol. The molecule has 0 N–H and O–H groups in total. The Morgan fingerprint density at radius 1 is 1.14 bits per heavy atom. The van der Waals surface area contributed by atoms with Crippen LogP contribution in [0.4, 0.5) is 5.69 Å². The largest absolute Gasteiger partial charge is 0.300 e. The van der Waals surface area contributed by atoms with Crippen LogP contribution in [0, 0.1) is 18.3 Å². The second-order valence-electron chi connectivity index (χ2n) is 7.68. The predicted octanol–water partition coefficient (Wildman–Crippen LogP) is 4.79. The lowest BCUT2D eigenvalue weighted by Crippen LogP contribution is -2.46. The number of carbonyl (C=O) groups is 2. The molecule has 2 aliphatic rings. The Balaban J connectivity index is 1.85. The van der Waals surface area contributed by atoms with Crippen LogP contribution < -0.4 is 5.01 Å². The average molecular weight is 393 g/mol. The summed E-state index contributed by atoms with van der Waals surface area (Å²) in [5.74, 6) is 0.833. The monoisotopic (exact) mass is 392 g/mol. The number of nitrogens with zero attached hydrogens (tertiary/aromatic N) is 2. The number of para-hydroxylation sites is 1. The van der Waals surface area contributed by atoms with Crippen molar-refractivity contribution in [1.29, 1.82) is 0 Å². The summed E-state index contributed by atoms with van der Waals surface area (Å²) in [4.78, 5) is 26.0. The second-order valence-corrected chi connectivity index (χ2v) is 8.82. The minimum Gasteiger partial charge on any atom is -0.300 e. The van der Waals surface area contributed by atoms with E-state index in [1.807, 2.05) is 49.4 Å². The zero-order valence-corrected chi connectivity index (χ0v) is 17.2. The Morgan fingerprint density at radius 2 is 1.82 bits per heavy atom. The van der Waals surface area contributed by atoms with E-state index in [0.29, 0.717) is 6.42 Å². The molecule has 2 heterocycles. The van der Waals surface area contributed by atoms with Gasteiger partial charge < -0.3 is 4.79 Å². The second kappa shape index (κ2) is 7.21. The van der Waals surface area contributed by atoms with E-state index >= 15 is 0 Å². The van der Waals surface area contributed by atoms with Crippen molar-refractivity contribution in [3.63, 3.8) is 0 Å².